The maximum absolute atomic E-state index is 14.7. The minimum Gasteiger partial charge on any atom is -0.374 e. The van der Waals surface area contributed by atoms with Crippen LogP contribution < -0.4 is 5.32 Å². The Morgan fingerprint density at radius 1 is 0.970 bits per heavy atom. The first-order valence-corrected chi connectivity index (χ1v) is 11.0. The topological polar surface area (TPSA) is 41.1 Å². The van der Waals surface area contributed by atoms with Crippen molar-refractivity contribution in [3.05, 3.63) is 108 Å². The van der Waals surface area contributed by atoms with Crippen LogP contribution in [0.2, 0.25) is 0 Å². The first-order valence-electron chi connectivity index (χ1n) is 11.0. The Labute approximate surface area is 193 Å². The van der Waals surface area contributed by atoms with Crippen molar-refractivity contribution < 1.29 is 4.39 Å². The zero-order valence-electron chi connectivity index (χ0n) is 18.7. The van der Waals surface area contributed by atoms with Gasteiger partial charge in [-0.2, -0.15) is 0 Å². The molecule has 0 unspecified atom stereocenters. The van der Waals surface area contributed by atoms with Crippen molar-refractivity contribution in [1.82, 2.24) is 14.9 Å². The standard InChI is InChI=1S/C28H25FN4/c1-19-14-23(12-13-33(19)2)22-9-11-25-27(16-22)31-18-32-28(25)30-17-20-8-10-24(26(29)15-20)21-6-4-3-5-7-21/h3-12,14-16,18H,13,17H2,1-2H3,(H,30,31,32). The van der Waals surface area contributed by atoms with Gasteiger partial charge in [-0.15, -0.1) is 0 Å². The Morgan fingerprint density at radius 3 is 2.61 bits per heavy atom. The van der Waals surface area contributed by atoms with Gasteiger partial charge in [0.15, 0.2) is 0 Å². The molecule has 4 aromatic rings. The molecule has 1 aliphatic rings. The quantitative estimate of drug-likeness (QED) is 0.400. The Kier molecular flexibility index (Phi) is 5.61. The number of hydrogen-bond donors (Lipinski definition) is 1. The molecule has 0 amide bonds. The lowest BCUT2D eigenvalue weighted by Gasteiger charge is -2.23. The molecule has 1 aliphatic heterocycles. The highest BCUT2D eigenvalue weighted by molar-refractivity contribution is 5.92. The molecule has 4 nitrogen and oxygen atoms in total. The van der Waals surface area contributed by atoms with Gasteiger partial charge in [0.25, 0.3) is 0 Å². The normalized spacial score (nSPS) is 13.6. The lowest BCUT2D eigenvalue weighted by molar-refractivity contribution is 0.462. The number of nitrogens with one attached hydrogen (secondary N) is 1. The first kappa shape index (κ1) is 20.9. The molecule has 0 spiro atoms. The van der Waals surface area contributed by atoms with Gasteiger partial charge in [0.2, 0.25) is 0 Å². The number of likely N-dealkylation sites (N-methyl/N-ethyl adjacent to an activating group) is 1. The van der Waals surface area contributed by atoms with Crippen molar-refractivity contribution in [1.29, 1.82) is 0 Å². The van der Waals surface area contributed by atoms with E-state index < -0.39 is 0 Å². The Morgan fingerprint density at radius 2 is 1.82 bits per heavy atom. The first-order chi connectivity index (χ1) is 16.1. The lowest BCUT2D eigenvalue weighted by atomic mass is 10.0. The van der Waals surface area contributed by atoms with Crippen LogP contribution in [0.5, 0.6) is 0 Å². The summed E-state index contributed by atoms with van der Waals surface area (Å²) < 4.78 is 14.7. The third-order valence-electron chi connectivity index (χ3n) is 6.10. The van der Waals surface area contributed by atoms with Crippen LogP contribution in [0.1, 0.15) is 18.1 Å². The molecule has 0 saturated heterocycles. The Hall–Kier alpha value is -3.99. The van der Waals surface area contributed by atoms with Crippen LogP contribution >= 0.6 is 0 Å². The molecule has 3 aromatic carbocycles. The highest BCUT2D eigenvalue weighted by Crippen LogP contribution is 2.28. The summed E-state index contributed by atoms with van der Waals surface area (Å²) in [6, 6.07) is 21.2. The molecule has 5 heteroatoms. The van der Waals surface area contributed by atoms with E-state index in [1.54, 1.807) is 12.4 Å². The molecule has 1 N–H and O–H groups in total. The van der Waals surface area contributed by atoms with Gasteiger partial charge in [0.1, 0.15) is 18.0 Å². The summed E-state index contributed by atoms with van der Waals surface area (Å²) in [4.78, 5) is 11.1. The second-order valence-electron chi connectivity index (χ2n) is 8.31. The molecular formula is C28H25FN4. The number of fused-ring (bicyclic) bond motifs is 1. The van der Waals surface area contributed by atoms with Crippen molar-refractivity contribution in [2.24, 2.45) is 0 Å². The Balaban J connectivity index is 1.36. The molecule has 0 bridgehead atoms. The third-order valence-corrected chi connectivity index (χ3v) is 6.10. The van der Waals surface area contributed by atoms with Gasteiger partial charge >= 0.3 is 0 Å². The molecule has 33 heavy (non-hydrogen) atoms. The maximum Gasteiger partial charge on any atom is 0.137 e. The molecular weight excluding hydrogens is 411 g/mol. The molecule has 2 heterocycles. The second-order valence-corrected chi connectivity index (χ2v) is 8.31. The van der Waals surface area contributed by atoms with Crippen LogP contribution in [0.3, 0.4) is 0 Å². The highest BCUT2D eigenvalue weighted by Gasteiger charge is 2.11. The van der Waals surface area contributed by atoms with E-state index in [0.717, 1.165) is 40.0 Å². The fourth-order valence-electron chi connectivity index (χ4n) is 4.06. The zero-order valence-corrected chi connectivity index (χ0v) is 18.7. The smallest absolute Gasteiger partial charge is 0.137 e. The van der Waals surface area contributed by atoms with Gasteiger partial charge in [-0.25, -0.2) is 14.4 Å². The van der Waals surface area contributed by atoms with Crippen molar-refractivity contribution in [2.45, 2.75) is 13.5 Å². The van der Waals surface area contributed by atoms with Gasteiger partial charge in [0, 0.05) is 36.8 Å². The summed E-state index contributed by atoms with van der Waals surface area (Å²) in [7, 11) is 2.09. The van der Waals surface area contributed by atoms with Crippen LogP contribution in [0.15, 0.2) is 90.9 Å². The minimum atomic E-state index is -0.229. The van der Waals surface area contributed by atoms with Gasteiger partial charge in [-0.05, 0) is 53.5 Å². The molecule has 0 aliphatic carbocycles. The van der Waals surface area contributed by atoms with Crippen molar-refractivity contribution in [3.63, 3.8) is 0 Å². The summed E-state index contributed by atoms with van der Waals surface area (Å²) in [6.07, 6.45) is 5.98. The summed E-state index contributed by atoms with van der Waals surface area (Å²) in [5.41, 5.74) is 6.79. The van der Waals surface area contributed by atoms with E-state index >= 15 is 0 Å². The predicted octanol–water partition coefficient (Wildman–Crippen LogP) is 6.28. The van der Waals surface area contributed by atoms with Crippen LogP contribution in [0.25, 0.3) is 27.6 Å². The van der Waals surface area contributed by atoms with Crippen LogP contribution in [0, 0.1) is 5.82 Å². The maximum atomic E-state index is 14.7. The van der Waals surface area contributed by atoms with Gasteiger partial charge in [-0.1, -0.05) is 54.6 Å². The lowest BCUT2D eigenvalue weighted by Crippen LogP contribution is -2.18. The number of allylic oxidation sites excluding steroid dienone is 3. The van der Waals surface area contributed by atoms with Gasteiger partial charge in [0.05, 0.1) is 5.52 Å². The minimum absolute atomic E-state index is 0.229. The van der Waals surface area contributed by atoms with E-state index in [-0.39, 0.29) is 5.82 Å². The average Bonchev–Trinajstić information content (AvgIpc) is 2.84. The van der Waals surface area contributed by atoms with E-state index in [9.17, 15) is 4.39 Å². The second kappa shape index (κ2) is 8.87. The van der Waals surface area contributed by atoms with Crippen LogP contribution in [0.4, 0.5) is 10.2 Å². The number of aromatic nitrogens is 2. The summed E-state index contributed by atoms with van der Waals surface area (Å²) in [5.74, 6) is 0.510. The molecule has 0 radical (unpaired) electrons. The summed E-state index contributed by atoms with van der Waals surface area (Å²) in [5, 5.41) is 4.29. The van der Waals surface area contributed by atoms with Crippen LogP contribution in [-0.2, 0) is 6.54 Å². The van der Waals surface area contributed by atoms with E-state index in [0.29, 0.717) is 12.1 Å². The average molecular weight is 437 g/mol. The number of nitrogens with zero attached hydrogens (tertiary/aromatic N) is 3. The molecule has 5 rings (SSSR count). The number of halogens is 1. The molecule has 1 aromatic heterocycles. The third kappa shape index (κ3) is 4.35. The predicted molar refractivity (Wildman–Crippen MR) is 133 cm³/mol. The van der Waals surface area contributed by atoms with Crippen molar-refractivity contribution >= 4 is 22.3 Å². The van der Waals surface area contributed by atoms with E-state index in [1.165, 1.54) is 11.3 Å². The highest BCUT2D eigenvalue weighted by atomic mass is 19.1. The van der Waals surface area contributed by atoms with Crippen molar-refractivity contribution in [2.75, 3.05) is 18.9 Å². The van der Waals surface area contributed by atoms with Gasteiger partial charge in [-0.3, -0.25) is 0 Å². The zero-order chi connectivity index (χ0) is 22.8. The summed E-state index contributed by atoms with van der Waals surface area (Å²) >= 11 is 0. The van der Waals surface area contributed by atoms with E-state index in [2.05, 4.69) is 64.5 Å². The number of rotatable bonds is 5. The van der Waals surface area contributed by atoms with Crippen molar-refractivity contribution in [3.8, 4) is 11.1 Å². The van der Waals surface area contributed by atoms with E-state index in [1.807, 2.05) is 42.5 Å². The molecule has 164 valence electrons. The van der Waals surface area contributed by atoms with Gasteiger partial charge < -0.3 is 10.2 Å². The number of benzene rings is 3. The molecule has 0 fully saturated rings. The van der Waals surface area contributed by atoms with E-state index in [4.69, 9.17) is 0 Å². The number of anilines is 1. The molecule has 0 atom stereocenters. The monoisotopic (exact) mass is 436 g/mol. The van der Waals surface area contributed by atoms with Crippen LogP contribution in [-0.4, -0.2) is 28.5 Å². The Bertz CT molecular complexity index is 1380. The summed E-state index contributed by atoms with van der Waals surface area (Å²) in [6.45, 7) is 3.48. The SMILES string of the molecule is CC1=CC(c2ccc3c(NCc4ccc(-c5ccccc5)c(F)c4)ncnc3c2)=CCN1C. The number of hydrogen-bond acceptors (Lipinski definition) is 4. The largest absolute Gasteiger partial charge is 0.374 e. The fourth-order valence-corrected chi connectivity index (χ4v) is 4.06. The fraction of sp³-hybridized carbons (Fsp3) is 0.143. The molecule has 0 saturated carbocycles.